The number of nitrogens with two attached hydrogens (primary N) is 1. The molecule has 22 heavy (non-hydrogen) atoms. The zero-order valence-electron chi connectivity index (χ0n) is 11.8. The average Bonchev–Trinajstić information content (AvgIpc) is 2.48. The van der Waals surface area contributed by atoms with E-state index < -0.39 is 0 Å². The predicted octanol–water partition coefficient (Wildman–Crippen LogP) is 0.819. The number of nitro groups is 1. The summed E-state index contributed by atoms with van der Waals surface area (Å²) in [6, 6.07) is 6.64. The van der Waals surface area contributed by atoms with E-state index >= 15 is 0 Å². The van der Waals surface area contributed by atoms with Gasteiger partial charge in [-0.15, -0.1) is 0 Å². The van der Waals surface area contributed by atoms with Crippen molar-refractivity contribution in [3.8, 4) is 0 Å². The highest BCUT2D eigenvalue weighted by molar-refractivity contribution is 5.40. The standard InChI is InChI=1S/C14H15N5O3/c15-14-16-11-5-6-18(8-10(11)13(20)17-14)7-9-3-1-2-4-12(9)19(21)22/h1-4H,5-8H2,(H3,15,16,17,20). The molecule has 0 aliphatic carbocycles. The van der Waals surface area contributed by atoms with E-state index in [-0.39, 0.29) is 22.1 Å². The first-order valence-electron chi connectivity index (χ1n) is 6.87. The fourth-order valence-electron chi connectivity index (χ4n) is 2.70. The van der Waals surface area contributed by atoms with Gasteiger partial charge >= 0.3 is 0 Å². The van der Waals surface area contributed by atoms with Crippen LogP contribution in [0.25, 0.3) is 0 Å². The van der Waals surface area contributed by atoms with Gasteiger partial charge in [-0.1, -0.05) is 18.2 Å². The maximum absolute atomic E-state index is 11.9. The minimum atomic E-state index is -0.387. The van der Waals surface area contributed by atoms with Crippen molar-refractivity contribution in [3.05, 3.63) is 61.6 Å². The number of nitrogen functional groups attached to an aromatic ring is 1. The Morgan fingerprint density at radius 2 is 2.18 bits per heavy atom. The number of aromatic amines is 1. The zero-order chi connectivity index (χ0) is 15.7. The van der Waals surface area contributed by atoms with Crippen molar-refractivity contribution in [2.24, 2.45) is 0 Å². The number of aromatic nitrogens is 2. The van der Waals surface area contributed by atoms with Gasteiger partial charge in [-0.05, 0) is 0 Å². The van der Waals surface area contributed by atoms with Crippen molar-refractivity contribution in [1.29, 1.82) is 0 Å². The number of H-pyrrole nitrogens is 1. The van der Waals surface area contributed by atoms with Gasteiger partial charge in [-0.2, -0.15) is 0 Å². The molecule has 3 N–H and O–H groups in total. The van der Waals surface area contributed by atoms with Gasteiger partial charge in [-0.25, -0.2) is 4.98 Å². The van der Waals surface area contributed by atoms with E-state index in [4.69, 9.17) is 5.73 Å². The summed E-state index contributed by atoms with van der Waals surface area (Å²) in [7, 11) is 0. The lowest BCUT2D eigenvalue weighted by atomic mass is 10.1. The molecule has 114 valence electrons. The number of hydrogen-bond acceptors (Lipinski definition) is 6. The van der Waals surface area contributed by atoms with Crippen LogP contribution in [0.1, 0.15) is 16.8 Å². The maximum Gasteiger partial charge on any atom is 0.273 e. The van der Waals surface area contributed by atoms with Crippen molar-refractivity contribution >= 4 is 11.6 Å². The van der Waals surface area contributed by atoms with Crippen LogP contribution in [0.4, 0.5) is 11.6 Å². The van der Waals surface area contributed by atoms with E-state index in [1.165, 1.54) is 6.07 Å². The Balaban J connectivity index is 1.84. The van der Waals surface area contributed by atoms with E-state index in [2.05, 4.69) is 9.97 Å². The third-order valence-electron chi connectivity index (χ3n) is 3.75. The van der Waals surface area contributed by atoms with Crippen LogP contribution in [0, 0.1) is 10.1 Å². The number of benzene rings is 1. The summed E-state index contributed by atoms with van der Waals surface area (Å²) >= 11 is 0. The fraction of sp³-hybridized carbons (Fsp3) is 0.286. The van der Waals surface area contributed by atoms with E-state index in [1.807, 2.05) is 4.90 Å². The summed E-state index contributed by atoms with van der Waals surface area (Å²) < 4.78 is 0. The molecule has 0 radical (unpaired) electrons. The normalized spacial score (nSPS) is 14.5. The van der Waals surface area contributed by atoms with Crippen molar-refractivity contribution in [1.82, 2.24) is 14.9 Å². The first kappa shape index (κ1) is 14.2. The molecule has 2 heterocycles. The van der Waals surface area contributed by atoms with Crippen molar-refractivity contribution in [3.63, 3.8) is 0 Å². The topological polar surface area (TPSA) is 118 Å². The molecule has 0 spiro atoms. The fourth-order valence-corrected chi connectivity index (χ4v) is 2.70. The highest BCUT2D eigenvalue weighted by Crippen LogP contribution is 2.22. The third kappa shape index (κ3) is 2.68. The summed E-state index contributed by atoms with van der Waals surface area (Å²) in [5.41, 5.74) is 7.32. The molecule has 1 aliphatic rings. The number of hydrogen-bond donors (Lipinski definition) is 2. The zero-order valence-corrected chi connectivity index (χ0v) is 11.8. The van der Waals surface area contributed by atoms with Gasteiger partial charge in [0.25, 0.3) is 11.2 Å². The van der Waals surface area contributed by atoms with E-state index in [0.717, 1.165) is 0 Å². The molecule has 1 aromatic heterocycles. The van der Waals surface area contributed by atoms with Gasteiger partial charge in [0, 0.05) is 37.7 Å². The number of anilines is 1. The lowest BCUT2D eigenvalue weighted by Gasteiger charge is -2.27. The summed E-state index contributed by atoms with van der Waals surface area (Å²) in [6.07, 6.45) is 0.601. The molecule has 0 saturated heterocycles. The summed E-state index contributed by atoms with van der Waals surface area (Å²) in [4.78, 5) is 31.3. The van der Waals surface area contributed by atoms with Gasteiger partial charge in [-0.3, -0.25) is 24.8 Å². The van der Waals surface area contributed by atoms with Crippen LogP contribution in [-0.4, -0.2) is 26.3 Å². The number of nitro benzene ring substituents is 1. The molecule has 0 unspecified atom stereocenters. The third-order valence-corrected chi connectivity index (χ3v) is 3.75. The first-order valence-corrected chi connectivity index (χ1v) is 6.87. The minimum absolute atomic E-state index is 0.0950. The van der Waals surface area contributed by atoms with Crippen LogP contribution in [0.5, 0.6) is 0 Å². The van der Waals surface area contributed by atoms with Gasteiger partial charge in [0.15, 0.2) is 0 Å². The van der Waals surface area contributed by atoms with Crippen molar-refractivity contribution in [2.45, 2.75) is 19.5 Å². The molecular weight excluding hydrogens is 286 g/mol. The Bertz CT molecular complexity index is 786. The number of rotatable bonds is 3. The minimum Gasteiger partial charge on any atom is -0.369 e. The van der Waals surface area contributed by atoms with Crippen molar-refractivity contribution in [2.75, 3.05) is 12.3 Å². The van der Waals surface area contributed by atoms with Gasteiger partial charge < -0.3 is 5.73 Å². The number of nitrogens with zero attached hydrogens (tertiary/aromatic N) is 3. The molecule has 2 aromatic rings. The lowest BCUT2D eigenvalue weighted by molar-refractivity contribution is -0.385. The van der Waals surface area contributed by atoms with Gasteiger partial charge in [0.2, 0.25) is 5.95 Å². The molecule has 1 aliphatic heterocycles. The Labute approximate surface area is 125 Å². The molecule has 3 rings (SSSR count). The highest BCUT2D eigenvalue weighted by Gasteiger charge is 2.23. The predicted molar refractivity (Wildman–Crippen MR) is 80.2 cm³/mol. The molecule has 0 amide bonds. The molecule has 0 saturated carbocycles. The van der Waals surface area contributed by atoms with Crippen LogP contribution in [0.3, 0.4) is 0 Å². The number of para-hydroxylation sites is 1. The SMILES string of the molecule is Nc1nc2c(c(=O)[nH]1)CN(Cc1ccccc1[N+](=O)[O-])CC2. The van der Waals surface area contributed by atoms with E-state index in [1.54, 1.807) is 18.2 Å². The molecular formula is C14H15N5O3. The number of nitrogens with one attached hydrogen (secondary N) is 1. The molecule has 0 bridgehead atoms. The quantitative estimate of drug-likeness (QED) is 0.640. The summed E-state index contributed by atoms with van der Waals surface area (Å²) in [5.74, 6) is 0.121. The second-order valence-electron chi connectivity index (χ2n) is 5.22. The number of fused-ring (bicyclic) bond motifs is 1. The van der Waals surface area contributed by atoms with Crippen LogP contribution < -0.4 is 11.3 Å². The van der Waals surface area contributed by atoms with Crippen LogP contribution in [-0.2, 0) is 19.5 Å². The Morgan fingerprint density at radius 3 is 2.95 bits per heavy atom. The Kier molecular flexibility index (Phi) is 3.60. The van der Waals surface area contributed by atoms with E-state index in [9.17, 15) is 14.9 Å². The summed E-state index contributed by atoms with van der Waals surface area (Å²) in [5, 5.41) is 11.1. The van der Waals surface area contributed by atoms with Crippen LogP contribution in [0.15, 0.2) is 29.1 Å². The second kappa shape index (κ2) is 5.57. The Hall–Kier alpha value is -2.74. The molecule has 8 heteroatoms. The van der Waals surface area contributed by atoms with E-state index in [0.29, 0.717) is 42.9 Å². The first-order chi connectivity index (χ1) is 10.5. The Morgan fingerprint density at radius 1 is 1.41 bits per heavy atom. The maximum atomic E-state index is 11.9. The largest absolute Gasteiger partial charge is 0.369 e. The van der Waals surface area contributed by atoms with Crippen LogP contribution >= 0.6 is 0 Å². The summed E-state index contributed by atoms with van der Waals surface area (Å²) in [6.45, 7) is 1.50. The average molecular weight is 301 g/mol. The highest BCUT2D eigenvalue weighted by atomic mass is 16.6. The molecule has 0 fully saturated rings. The molecule has 8 nitrogen and oxygen atoms in total. The van der Waals surface area contributed by atoms with Crippen LogP contribution in [0.2, 0.25) is 0 Å². The smallest absolute Gasteiger partial charge is 0.273 e. The van der Waals surface area contributed by atoms with Gasteiger partial charge in [0.05, 0.1) is 16.2 Å². The van der Waals surface area contributed by atoms with Crippen molar-refractivity contribution < 1.29 is 4.92 Å². The monoisotopic (exact) mass is 301 g/mol. The lowest BCUT2D eigenvalue weighted by Crippen LogP contribution is -2.35. The molecule has 1 aromatic carbocycles. The second-order valence-corrected chi connectivity index (χ2v) is 5.22. The molecule has 0 atom stereocenters. The van der Waals surface area contributed by atoms with Gasteiger partial charge in [0.1, 0.15) is 0 Å².